The van der Waals surface area contributed by atoms with Crippen LogP contribution < -0.4 is 10.9 Å². The molecule has 0 saturated heterocycles. The highest BCUT2D eigenvalue weighted by molar-refractivity contribution is 5.83. The number of urea groups is 1. The van der Waals surface area contributed by atoms with Gasteiger partial charge in [0.25, 0.3) is 5.56 Å². The Labute approximate surface area is 168 Å². The molecule has 2 N–H and O–H groups in total. The lowest BCUT2D eigenvalue weighted by Crippen LogP contribution is -2.44. The van der Waals surface area contributed by atoms with E-state index in [1.807, 2.05) is 41.3 Å². The highest BCUT2D eigenvalue weighted by atomic mass is 16.2. The molecule has 1 saturated carbocycles. The molecule has 6 heteroatoms. The minimum Gasteiger partial charge on any atom is -0.335 e. The third-order valence-corrected chi connectivity index (χ3v) is 6.30. The molecule has 1 aromatic heterocycles. The van der Waals surface area contributed by atoms with E-state index in [4.69, 9.17) is 0 Å². The molecular weight excluding hydrogens is 364 g/mol. The van der Waals surface area contributed by atoms with Gasteiger partial charge in [-0.1, -0.05) is 42.5 Å². The van der Waals surface area contributed by atoms with E-state index in [2.05, 4.69) is 27.6 Å². The zero-order valence-electron chi connectivity index (χ0n) is 16.2. The van der Waals surface area contributed by atoms with E-state index in [-0.39, 0.29) is 17.6 Å². The van der Waals surface area contributed by atoms with Crippen LogP contribution in [0.5, 0.6) is 0 Å². The first-order valence-corrected chi connectivity index (χ1v) is 10.3. The van der Waals surface area contributed by atoms with Crippen molar-refractivity contribution in [3.63, 3.8) is 0 Å². The van der Waals surface area contributed by atoms with E-state index in [0.29, 0.717) is 24.4 Å². The lowest BCUT2D eigenvalue weighted by Gasteiger charge is -2.30. The van der Waals surface area contributed by atoms with Crippen LogP contribution in [0.4, 0.5) is 4.79 Å². The van der Waals surface area contributed by atoms with Crippen LogP contribution in [0.15, 0.2) is 53.3 Å². The van der Waals surface area contributed by atoms with Crippen LogP contribution in [-0.4, -0.2) is 27.2 Å². The van der Waals surface area contributed by atoms with Crippen molar-refractivity contribution in [2.45, 2.75) is 50.7 Å². The van der Waals surface area contributed by atoms with Crippen LogP contribution in [0.2, 0.25) is 0 Å². The largest absolute Gasteiger partial charge is 0.335 e. The van der Waals surface area contributed by atoms with Crippen molar-refractivity contribution in [1.29, 1.82) is 0 Å². The Hall–Kier alpha value is -3.15. The predicted octanol–water partition coefficient (Wildman–Crippen LogP) is 3.67. The maximum absolute atomic E-state index is 12.7. The number of aromatic nitrogens is 2. The highest BCUT2D eigenvalue weighted by Crippen LogP contribution is 2.34. The van der Waals surface area contributed by atoms with Gasteiger partial charge in [0.2, 0.25) is 0 Å². The fourth-order valence-corrected chi connectivity index (χ4v) is 4.70. The van der Waals surface area contributed by atoms with Crippen molar-refractivity contribution >= 4 is 16.8 Å². The predicted molar refractivity (Wildman–Crippen MR) is 112 cm³/mol. The van der Waals surface area contributed by atoms with Crippen LogP contribution >= 0.6 is 0 Å². The highest BCUT2D eigenvalue weighted by Gasteiger charge is 2.29. The molecule has 6 nitrogen and oxygen atoms in total. The number of nitrogens with zero attached hydrogens (tertiary/aromatic N) is 2. The normalized spacial score (nSPS) is 21.2. The number of fused-ring (bicyclic) bond motifs is 2. The topological polar surface area (TPSA) is 78.1 Å². The van der Waals surface area contributed by atoms with Gasteiger partial charge in [0.1, 0.15) is 0 Å². The van der Waals surface area contributed by atoms with Gasteiger partial charge in [-0.3, -0.25) is 4.79 Å². The minimum atomic E-state index is -0.142. The first-order valence-electron chi connectivity index (χ1n) is 10.3. The first kappa shape index (κ1) is 17.9. The molecule has 148 valence electrons. The zero-order chi connectivity index (χ0) is 19.8. The third kappa shape index (κ3) is 3.39. The molecular formula is C23H24N4O2. The number of rotatable bonds is 2. The Bertz CT molecular complexity index is 1090. The van der Waals surface area contributed by atoms with Gasteiger partial charge >= 0.3 is 6.03 Å². The lowest BCUT2D eigenvalue weighted by atomic mass is 9.83. The number of carbonyl (C=O) groups excluding carboxylic acids is 1. The maximum Gasteiger partial charge on any atom is 0.318 e. The number of carbonyl (C=O) groups is 1. The van der Waals surface area contributed by atoms with E-state index in [0.717, 1.165) is 36.8 Å². The summed E-state index contributed by atoms with van der Waals surface area (Å²) in [6.45, 7) is 1.37. The second-order valence-corrected chi connectivity index (χ2v) is 8.11. The molecule has 1 fully saturated rings. The summed E-state index contributed by atoms with van der Waals surface area (Å²) in [4.78, 5) is 26.6. The van der Waals surface area contributed by atoms with Gasteiger partial charge < -0.3 is 10.2 Å². The summed E-state index contributed by atoms with van der Waals surface area (Å²) < 4.78 is 0. The summed E-state index contributed by atoms with van der Waals surface area (Å²) in [7, 11) is 0. The average Bonchev–Trinajstić information content (AvgIpc) is 3.20. The maximum atomic E-state index is 12.7. The van der Waals surface area contributed by atoms with Gasteiger partial charge in [-0.15, -0.1) is 0 Å². The molecule has 1 aliphatic carbocycles. The summed E-state index contributed by atoms with van der Waals surface area (Å²) in [5.74, 6) is 0.306. The Kier molecular flexibility index (Phi) is 4.54. The number of aromatic amines is 1. The van der Waals surface area contributed by atoms with Gasteiger partial charge in [-0.25, -0.2) is 9.89 Å². The fourth-order valence-electron chi connectivity index (χ4n) is 4.70. The monoisotopic (exact) mass is 388 g/mol. The van der Waals surface area contributed by atoms with Gasteiger partial charge in [0.05, 0.1) is 11.1 Å². The van der Waals surface area contributed by atoms with Crippen LogP contribution in [0.1, 0.15) is 48.4 Å². The third-order valence-electron chi connectivity index (χ3n) is 6.30. The Balaban J connectivity index is 1.22. The molecule has 0 atom stereocenters. The number of H-pyrrole nitrogens is 1. The van der Waals surface area contributed by atoms with Crippen molar-refractivity contribution in [2.75, 3.05) is 0 Å². The molecule has 0 spiro atoms. The summed E-state index contributed by atoms with van der Waals surface area (Å²) in [6.07, 6.45) is 3.75. The van der Waals surface area contributed by atoms with Crippen molar-refractivity contribution < 1.29 is 4.79 Å². The standard InChI is InChI=1S/C23H24N4O2/c28-22-20-8-4-3-7-19(20)21(25-26-22)15-9-11-18(12-10-15)24-23(29)27-13-16-5-1-2-6-17(16)14-27/h1-8,15,18H,9-14H2,(H,24,29)(H,26,28). The van der Waals surface area contributed by atoms with Gasteiger partial charge in [-0.2, -0.15) is 5.10 Å². The molecule has 3 aromatic rings. The second kappa shape index (κ2) is 7.35. The van der Waals surface area contributed by atoms with Gasteiger partial charge in [-0.05, 0) is 42.9 Å². The van der Waals surface area contributed by atoms with Crippen molar-refractivity contribution in [3.8, 4) is 0 Å². The second-order valence-electron chi connectivity index (χ2n) is 8.11. The van der Waals surface area contributed by atoms with E-state index >= 15 is 0 Å². The first-order chi connectivity index (χ1) is 14.2. The summed E-state index contributed by atoms with van der Waals surface area (Å²) in [6, 6.07) is 16.1. The molecule has 5 rings (SSSR count). The smallest absolute Gasteiger partial charge is 0.318 e. The average molecular weight is 388 g/mol. The molecule has 1 aliphatic heterocycles. The zero-order valence-corrected chi connectivity index (χ0v) is 16.2. The molecule has 2 heterocycles. The number of nitrogens with one attached hydrogen (secondary N) is 2. The Morgan fingerprint density at radius 3 is 2.24 bits per heavy atom. The van der Waals surface area contributed by atoms with Crippen LogP contribution in [0.25, 0.3) is 10.8 Å². The van der Waals surface area contributed by atoms with Gasteiger partial charge in [0.15, 0.2) is 0 Å². The summed E-state index contributed by atoms with van der Waals surface area (Å²) in [5.41, 5.74) is 3.31. The fraction of sp³-hybridized carbons (Fsp3) is 0.348. The molecule has 2 aromatic carbocycles. The SMILES string of the molecule is O=C(NC1CCC(c2n[nH]c(=O)c3ccccc23)CC1)N1Cc2ccccc2C1. The molecule has 2 amide bonds. The van der Waals surface area contributed by atoms with E-state index in [1.54, 1.807) is 0 Å². The molecule has 29 heavy (non-hydrogen) atoms. The van der Waals surface area contributed by atoms with Crippen LogP contribution in [-0.2, 0) is 13.1 Å². The van der Waals surface area contributed by atoms with Gasteiger partial charge in [0, 0.05) is 30.4 Å². The number of benzene rings is 2. The Morgan fingerprint density at radius 2 is 1.55 bits per heavy atom. The van der Waals surface area contributed by atoms with E-state index in [1.165, 1.54) is 11.1 Å². The summed E-state index contributed by atoms with van der Waals surface area (Å²) >= 11 is 0. The van der Waals surface area contributed by atoms with Crippen molar-refractivity contribution in [3.05, 3.63) is 75.7 Å². The molecule has 2 aliphatic rings. The molecule has 0 unspecified atom stereocenters. The van der Waals surface area contributed by atoms with E-state index in [9.17, 15) is 9.59 Å². The number of hydrogen-bond donors (Lipinski definition) is 2. The van der Waals surface area contributed by atoms with Crippen LogP contribution in [0.3, 0.4) is 0 Å². The number of hydrogen-bond acceptors (Lipinski definition) is 3. The minimum absolute atomic E-state index is 0.0252. The van der Waals surface area contributed by atoms with Crippen molar-refractivity contribution in [1.82, 2.24) is 20.4 Å². The molecule has 0 radical (unpaired) electrons. The number of amides is 2. The van der Waals surface area contributed by atoms with E-state index < -0.39 is 0 Å². The summed E-state index contributed by atoms with van der Waals surface area (Å²) in [5, 5.41) is 11.9. The Morgan fingerprint density at radius 1 is 0.931 bits per heavy atom. The quantitative estimate of drug-likeness (QED) is 0.703. The van der Waals surface area contributed by atoms with Crippen molar-refractivity contribution in [2.24, 2.45) is 0 Å². The van der Waals surface area contributed by atoms with Crippen LogP contribution in [0, 0.1) is 0 Å². The lowest BCUT2D eigenvalue weighted by molar-refractivity contribution is 0.189. The molecule has 0 bridgehead atoms.